The molecule has 0 spiro atoms. The first-order valence-electron chi connectivity index (χ1n) is 9.38. The van der Waals surface area contributed by atoms with Crippen molar-refractivity contribution in [2.75, 3.05) is 13.2 Å². The average Bonchev–Trinajstić information content (AvgIpc) is 2.65. The van der Waals surface area contributed by atoms with Crippen LogP contribution in [-0.2, 0) is 16.2 Å². The van der Waals surface area contributed by atoms with Crippen LogP contribution in [0.5, 0.6) is 0 Å². The summed E-state index contributed by atoms with van der Waals surface area (Å²) in [6.07, 6.45) is -1.93. The number of aliphatic imine (C=N–C) groups is 1. The van der Waals surface area contributed by atoms with Crippen molar-refractivity contribution in [3.63, 3.8) is 0 Å². The van der Waals surface area contributed by atoms with Gasteiger partial charge in [-0.2, -0.15) is 13.2 Å². The summed E-state index contributed by atoms with van der Waals surface area (Å²) >= 11 is 0. The fourth-order valence-corrected chi connectivity index (χ4v) is 4.72. The molecule has 0 amide bonds. The minimum atomic E-state index is -4.67. The molecule has 1 aliphatic rings. The van der Waals surface area contributed by atoms with E-state index < -0.39 is 38.6 Å². The van der Waals surface area contributed by atoms with Crippen LogP contribution in [0.25, 0.3) is 0 Å². The fraction of sp³-hybridized carbons (Fsp3) is 0.579. The minimum Gasteiger partial charge on any atom is -0.394 e. The molecule has 1 saturated carbocycles. The van der Waals surface area contributed by atoms with Gasteiger partial charge in [0.25, 0.3) is 0 Å². The molecule has 0 heterocycles. The van der Waals surface area contributed by atoms with Gasteiger partial charge in [0, 0.05) is 23.9 Å². The number of nitrogens with one attached hydrogen (secondary N) is 2. The van der Waals surface area contributed by atoms with Gasteiger partial charge in [-0.25, -0.2) is 13.1 Å². The molecule has 2 rings (SSSR count). The number of aliphatic hydroxyl groups excluding tert-OH is 1. The highest BCUT2D eigenvalue weighted by molar-refractivity contribution is 7.89. The Morgan fingerprint density at radius 1 is 1.34 bits per heavy atom. The predicted molar refractivity (Wildman–Crippen MR) is 105 cm³/mol. The Morgan fingerprint density at radius 2 is 2.03 bits per heavy atom. The van der Waals surface area contributed by atoms with Crippen LogP contribution in [0.1, 0.15) is 50.2 Å². The number of halogens is 3. The first-order valence-corrected chi connectivity index (χ1v) is 10.9. The summed E-state index contributed by atoms with van der Waals surface area (Å²) < 4.78 is 68.1. The molecule has 3 N–H and O–H groups in total. The zero-order valence-corrected chi connectivity index (χ0v) is 17.1. The number of nitrogens with zero attached hydrogens (tertiary/aromatic N) is 1. The smallest absolute Gasteiger partial charge is 0.394 e. The lowest BCUT2D eigenvalue weighted by Gasteiger charge is -2.31. The largest absolute Gasteiger partial charge is 0.416 e. The minimum absolute atomic E-state index is 0.157. The number of rotatable bonds is 7. The van der Waals surface area contributed by atoms with Gasteiger partial charge >= 0.3 is 6.18 Å². The Morgan fingerprint density at radius 3 is 2.59 bits per heavy atom. The van der Waals surface area contributed by atoms with Crippen molar-refractivity contribution in [1.82, 2.24) is 4.72 Å². The fourth-order valence-electron chi connectivity index (χ4n) is 3.35. The van der Waals surface area contributed by atoms with Gasteiger partial charge in [-0.1, -0.05) is 13.8 Å². The van der Waals surface area contributed by atoms with E-state index >= 15 is 0 Å². The number of hydrogen-bond donors (Lipinski definition) is 3. The summed E-state index contributed by atoms with van der Waals surface area (Å²) in [7, 11) is -4.24. The van der Waals surface area contributed by atoms with Crippen LogP contribution in [0.15, 0.2) is 28.1 Å². The Hall–Kier alpha value is -1.78. The lowest BCUT2D eigenvalue weighted by atomic mass is 9.84. The van der Waals surface area contributed by atoms with E-state index in [1.807, 2.05) is 0 Å². The van der Waals surface area contributed by atoms with Gasteiger partial charge in [0.15, 0.2) is 0 Å². The summed E-state index contributed by atoms with van der Waals surface area (Å²) in [5.41, 5.74) is -0.126. The van der Waals surface area contributed by atoms with Crippen molar-refractivity contribution in [3.05, 3.63) is 29.3 Å². The van der Waals surface area contributed by atoms with Crippen LogP contribution >= 0.6 is 0 Å². The first kappa shape index (κ1) is 23.5. The second kappa shape index (κ2) is 9.36. The maximum Gasteiger partial charge on any atom is 0.416 e. The van der Waals surface area contributed by atoms with Crippen molar-refractivity contribution < 1.29 is 26.7 Å². The second-order valence-corrected chi connectivity index (χ2v) is 9.07. The molecule has 0 radical (unpaired) electrons. The van der Waals surface area contributed by atoms with Gasteiger partial charge < -0.3 is 10.5 Å². The van der Waals surface area contributed by atoms with E-state index in [1.165, 1.54) is 6.07 Å². The van der Waals surface area contributed by atoms with Gasteiger partial charge in [0.1, 0.15) is 0 Å². The van der Waals surface area contributed by atoms with E-state index in [4.69, 9.17) is 10.5 Å². The monoisotopic (exact) mass is 433 g/mol. The molecule has 2 atom stereocenters. The van der Waals surface area contributed by atoms with Crippen molar-refractivity contribution in [2.45, 2.75) is 56.1 Å². The molecule has 29 heavy (non-hydrogen) atoms. The van der Waals surface area contributed by atoms with E-state index in [-0.39, 0.29) is 24.6 Å². The second-order valence-electron chi connectivity index (χ2n) is 7.35. The Bertz CT molecular complexity index is 867. The summed E-state index contributed by atoms with van der Waals surface area (Å²) in [5.74, 6) is -0.882. The molecule has 6 nitrogen and oxygen atoms in total. The lowest BCUT2D eigenvalue weighted by Crippen LogP contribution is -2.46. The van der Waals surface area contributed by atoms with E-state index in [2.05, 4.69) is 9.71 Å². The van der Waals surface area contributed by atoms with Gasteiger partial charge in [-0.05, 0) is 48.9 Å². The maximum absolute atomic E-state index is 13.3. The Kier molecular flexibility index (Phi) is 7.58. The van der Waals surface area contributed by atoms with Crippen molar-refractivity contribution in [3.8, 4) is 0 Å². The van der Waals surface area contributed by atoms with Gasteiger partial charge in [-0.15, -0.1) is 0 Å². The molecule has 0 saturated heterocycles. The number of hydrogen-bond acceptors (Lipinski definition) is 5. The average molecular weight is 433 g/mol. The maximum atomic E-state index is 13.3. The SMILES string of the molecule is CC(C)c1cc(C(F)(F)F)cc(S(=O)(=O)NC2CCCC(=NCCO)C2C=N)c1. The number of alkyl halides is 3. The van der Waals surface area contributed by atoms with Crippen LogP contribution in [0.3, 0.4) is 0 Å². The van der Waals surface area contributed by atoms with Crippen molar-refractivity contribution in [2.24, 2.45) is 10.9 Å². The summed E-state index contributed by atoms with van der Waals surface area (Å²) in [5, 5.41) is 16.6. The van der Waals surface area contributed by atoms with Gasteiger partial charge in [0.2, 0.25) is 10.0 Å². The zero-order chi connectivity index (χ0) is 21.8. The molecule has 1 aromatic rings. The summed E-state index contributed by atoms with van der Waals surface area (Å²) in [6, 6.07) is 2.17. The number of benzene rings is 1. The first-order chi connectivity index (χ1) is 13.5. The third-order valence-corrected chi connectivity index (χ3v) is 6.37. The lowest BCUT2D eigenvalue weighted by molar-refractivity contribution is -0.137. The normalized spacial score (nSPS) is 22.2. The van der Waals surface area contributed by atoms with E-state index in [9.17, 15) is 21.6 Å². The van der Waals surface area contributed by atoms with Crippen LogP contribution in [0, 0.1) is 11.3 Å². The van der Waals surface area contributed by atoms with E-state index in [1.54, 1.807) is 13.8 Å². The standard InChI is InChI=1S/C19H26F3N3O3S/c1-12(2)13-8-14(19(20,21)22)10-15(9-13)29(27,28)25-18-5-3-4-17(16(18)11-23)24-6-7-26/h8-12,16,18,23,25-26H,3-7H2,1-2H3. The molecular formula is C19H26F3N3O3S. The highest BCUT2D eigenvalue weighted by Crippen LogP contribution is 2.34. The topological polar surface area (TPSA) is 103 Å². The third kappa shape index (κ3) is 5.86. The zero-order valence-electron chi connectivity index (χ0n) is 16.3. The van der Waals surface area contributed by atoms with Crippen LogP contribution in [0.4, 0.5) is 13.2 Å². The molecule has 2 unspecified atom stereocenters. The van der Waals surface area contributed by atoms with Crippen molar-refractivity contribution in [1.29, 1.82) is 5.41 Å². The highest BCUT2D eigenvalue weighted by Gasteiger charge is 2.35. The third-order valence-electron chi connectivity index (χ3n) is 4.90. The van der Waals surface area contributed by atoms with Crippen LogP contribution in [-0.4, -0.2) is 44.6 Å². The van der Waals surface area contributed by atoms with E-state index in [0.717, 1.165) is 12.3 Å². The quantitative estimate of drug-likeness (QED) is 0.575. The Labute approximate surface area is 168 Å². The van der Waals surface area contributed by atoms with Gasteiger partial charge in [0.05, 0.1) is 23.6 Å². The molecule has 1 aromatic carbocycles. The molecule has 1 fully saturated rings. The molecule has 10 heteroatoms. The van der Waals surface area contributed by atoms with Crippen LogP contribution < -0.4 is 4.72 Å². The van der Waals surface area contributed by atoms with Crippen LogP contribution in [0.2, 0.25) is 0 Å². The molecule has 162 valence electrons. The predicted octanol–water partition coefficient (Wildman–Crippen LogP) is 3.36. The molecule has 1 aliphatic carbocycles. The highest BCUT2D eigenvalue weighted by atomic mass is 32.2. The van der Waals surface area contributed by atoms with Crippen molar-refractivity contribution >= 4 is 21.9 Å². The Balaban J connectivity index is 2.40. The van der Waals surface area contributed by atoms with E-state index in [0.29, 0.717) is 31.0 Å². The molecule has 0 aromatic heterocycles. The number of sulfonamides is 1. The molecular weight excluding hydrogens is 407 g/mol. The number of aliphatic hydroxyl groups is 1. The molecule has 0 aliphatic heterocycles. The molecule has 0 bridgehead atoms. The summed E-state index contributed by atoms with van der Waals surface area (Å²) in [6.45, 7) is 3.38. The van der Waals surface area contributed by atoms with Gasteiger partial charge in [-0.3, -0.25) is 4.99 Å². The summed E-state index contributed by atoms with van der Waals surface area (Å²) in [4.78, 5) is 3.78.